The SMILES string of the molecule is C1=CC2C(=C(c3ccccc3)c3ccccc32)C=C1c1ccc(N(c2ccc(-c3ccccc3)cc2)c2ccc(-c3cccc4oc5ccccc5c34)cc2)cc1. The van der Waals surface area contributed by atoms with Crippen molar-refractivity contribution in [1.82, 2.24) is 0 Å². The van der Waals surface area contributed by atoms with E-state index in [1.54, 1.807) is 0 Å². The number of nitrogens with zero attached hydrogens (tertiary/aromatic N) is 1. The fourth-order valence-electron chi connectivity index (χ4n) is 8.85. The van der Waals surface area contributed by atoms with Crippen LogP contribution in [0, 0.1) is 0 Å². The normalized spacial score (nSPS) is 14.5. The summed E-state index contributed by atoms with van der Waals surface area (Å²) in [5.74, 6) is 0.260. The maximum Gasteiger partial charge on any atom is 0.136 e. The van der Waals surface area contributed by atoms with Gasteiger partial charge in [-0.1, -0.05) is 164 Å². The van der Waals surface area contributed by atoms with Crippen LogP contribution < -0.4 is 4.90 Å². The third-order valence-electron chi connectivity index (χ3n) is 11.6. The summed E-state index contributed by atoms with van der Waals surface area (Å²) < 4.78 is 6.23. The van der Waals surface area contributed by atoms with Crippen LogP contribution in [-0.4, -0.2) is 0 Å². The highest BCUT2D eigenvalue weighted by molar-refractivity contribution is 6.12. The Labute approximate surface area is 332 Å². The molecular weight excluding hydrogens is 691 g/mol. The lowest BCUT2D eigenvalue weighted by Gasteiger charge is -2.26. The Morgan fingerprint density at radius 3 is 1.67 bits per heavy atom. The first kappa shape index (κ1) is 33.0. The molecule has 0 bridgehead atoms. The number of hydrogen-bond acceptors (Lipinski definition) is 2. The first-order valence-electron chi connectivity index (χ1n) is 19.6. The third kappa shape index (κ3) is 5.73. The fourth-order valence-corrected chi connectivity index (χ4v) is 8.85. The summed E-state index contributed by atoms with van der Waals surface area (Å²) in [6, 6.07) is 71.7. The number of rotatable bonds is 7. The van der Waals surface area contributed by atoms with E-state index in [4.69, 9.17) is 4.42 Å². The number of anilines is 3. The topological polar surface area (TPSA) is 16.4 Å². The molecule has 1 atom stereocenters. The van der Waals surface area contributed by atoms with Gasteiger partial charge in [-0.05, 0) is 116 Å². The van der Waals surface area contributed by atoms with Gasteiger partial charge in [0.15, 0.2) is 0 Å². The standard InChI is InChI=1S/C55H37NO/c1-3-12-37(13-4-1)38-22-29-43(30-23-38)56(45-33-26-40(27-34-45)46-19-11-21-53-55(46)50-18-9-10-20-52(50)57-53)44-31-24-39(25-32-44)42-28-35-48-47-16-7-8-17-49(47)54(51(48)36-42)41-14-5-2-6-15-41/h1-36,48H. The number of furan rings is 1. The van der Waals surface area contributed by atoms with Crippen LogP contribution in [-0.2, 0) is 0 Å². The summed E-state index contributed by atoms with van der Waals surface area (Å²) >= 11 is 0. The molecule has 0 N–H and O–H groups in total. The van der Waals surface area contributed by atoms with Gasteiger partial charge < -0.3 is 9.32 Å². The van der Waals surface area contributed by atoms with E-state index in [1.165, 1.54) is 55.7 Å². The van der Waals surface area contributed by atoms with Crippen LogP contribution in [0.3, 0.4) is 0 Å². The summed E-state index contributed by atoms with van der Waals surface area (Å²) in [4.78, 5) is 2.35. The van der Waals surface area contributed by atoms with Crippen molar-refractivity contribution in [3.8, 4) is 22.3 Å². The van der Waals surface area contributed by atoms with Crippen molar-refractivity contribution in [3.05, 3.63) is 246 Å². The second-order valence-corrected chi connectivity index (χ2v) is 14.8. The van der Waals surface area contributed by atoms with E-state index in [9.17, 15) is 0 Å². The molecule has 0 saturated heterocycles. The molecule has 9 aromatic rings. The average molecular weight is 728 g/mol. The molecule has 1 unspecified atom stereocenters. The van der Waals surface area contributed by atoms with Crippen LogP contribution >= 0.6 is 0 Å². The molecule has 0 spiro atoms. The molecule has 57 heavy (non-hydrogen) atoms. The van der Waals surface area contributed by atoms with Gasteiger partial charge in [-0.25, -0.2) is 0 Å². The molecule has 1 aromatic heterocycles. The molecule has 0 aliphatic heterocycles. The number of fused-ring (bicyclic) bond motifs is 6. The zero-order valence-corrected chi connectivity index (χ0v) is 31.2. The van der Waals surface area contributed by atoms with Crippen molar-refractivity contribution in [2.75, 3.05) is 4.90 Å². The molecule has 2 nitrogen and oxygen atoms in total. The van der Waals surface area contributed by atoms with E-state index in [0.29, 0.717) is 0 Å². The van der Waals surface area contributed by atoms with Crippen LogP contribution in [0.25, 0.3) is 55.3 Å². The first-order chi connectivity index (χ1) is 28.3. The van der Waals surface area contributed by atoms with Gasteiger partial charge in [0.05, 0.1) is 0 Å². The first-order valence-corrected chi connectivity index (χ1v) is 19.6. The summed E-state index contributed by atoms with van der Waals surface area (Å²) in [6.45, 7) is 0. The summed E-state index contributed by atoms with van der Waals surface area (Å²) in [7, 11) is 0. The molecule has 2 aliphatic rings. The van der Waals surface area contributed by atoms with Gasteiger partial charge in [0.25, 0.3) is 0 Å². The van der Waals surface area contributed by atoms with E-state index in [-0.39, 0.29) is 5.92 Å². The smallest absolute Gasteiger partial charge is 0.136 e. The highest BCUT2D eigenvalue weighted by Gasteiger charge is 2.31. The monoisotopic (exact) mass is 727 g/mol. The van der Waals surface area contributed by atoms with Crippen LogP contribution in [0.5, 0.6) is 0 Å². The van der Waals surface area contributed by atoms with Crippen molar-refractivity contribution < 1.29 is 4.42 Å². The Kier molecular flexibility index (Phi) is 7.93. The predicted octanol–water partition coefficient (Wildman–Crippen LogP) is 14.9. The number of benzene rings is 8. The molecule has 1 heterocycles. The van der Waals surface area contributed by atoms with Gasteiger partial charge in [0.2, 0.25) is 0 Å². The van der Waals surface area contributed by atoms with E-state index in [2.05, 4.69) is 211 Å². The minimum Gasteiger partial charge on any atom is -0.456 e. The van der Waals surface area contributed by atoms with Crippen molar-refractivity contribution >= 4 is 50.1 Å². The Bertz CT molecular complexity index is 3020. The van der Waals surface area contributed by atoms with Crippen LogP contribution in [0.1, 0.15) is 28.2 Å². The zero-order chi connectivity index (χ0) is 37.7. The van der Waals surface area contributed by atoms with Crippen molar-refractivity contribution in [2.24, 2.45) is 0 Å². The van der Waals surface area contributed by atoms with Crippen LogP contribution in [0.15, 0.2) is 228 Å². The molecule has 0 amide bonds. The summed E-state index contributed by atoms with van der Waals surface area (Å²) in [5.41, 5.74) is 18.9. The second-order valence-electron chi connectivity index (χ2n) is 14.8. The van der Waals surface area contributed by atoms with E-state index < -0.39 is 0 Å². The quantitative estimate of drug-likeness (QED) is 0.163. The third-order valence-corrected chi connectivity index (χ3v) is 11.6. The Morgan fingerprint density at radius 2 is 0.947 bits per heavy atom. The summed E-state index contributed by atoms with van der Waals surface area (Å²) in [6.07, 6.45) is 7.09. The van der Waals surface area contributed by atoms with Crippen molar-refractivity contribution in [1.29, 1.82) is 0 Å². The Morgan fingerprint density at radius 1 is 0.404 bits per heavy atom. The van der Waals surface area contributed by atoms with E-state index in [1.807, 2.05) is 12.1 Å². The molecule has 268 valence electrons. The number of para-hydroxylation sites is 1. The largest absolute Gasteiger partial charge is 0.456 e. The molecule has 2 heteroatoms. The maximum atomic E-state index is 6.23. The molecular formula is C55H37NO. The maximum absolute atomic E-state index is 6.23. The molecule has 2 aliphatic carbocycles. The van der Waals surface area contributed by atoms with Gasteiger partial charge in [0.1, 0.15) is 11.2 Å². The number of allylic oxidation sites excluding steroid dienone is 5. The van der Waals surface area contributed by atoms with Crippen molar-refractivity contribution in [2.45, 2.75) is 5.92 Å². The molecule has 0 saturated carbocycles. The molecule has 11 rings (SSSR count). The van der Waals surface area contributed by atoms with E-state index >= 15 is 0 Å². The van der Waals surface area contributed by atoms with Crippen LogP contribution in [0.2, 0.25) is 0 Å². The average Bonchev–Trinajstić information content (AvgIpc) is 3.84. The zero-order valence-electron chi connectivity index (χ0n) is 31.2. The van der Waals surface area contributed by atoms with Gasteiger partial charge in [-0.2, -0.15) is 0 Å². The van der Waals surface area contributed by atoms with Gasteiger partial charge in [-0.3, -0.25) is 0 Å². The molecule has 8 aromatic carbocycles. The fraction of sp³-hybridized carbons (Fsp3) is 0.0182. The van der Waals surface area contributed by atoms with Crippen molar-refractivity contribution in [3.63, 3.8) is 0 Å². The molecule has 0 radical (unpaired) electrons. The predicted molar refractivity (Wildman–Crippen MR) is 238 cm³/mol. The van der Waals surface area contributed by atoms with Gasteiger partial charge in [0, 0.05) is 33.8 Å². The minimum absolute atomic E-state index is 0.260. The highest BCUT2D eigenvalue weighted by atomic mass is 16.3. The Hall–Kier alpha value is -7.42. The lowest BCUT2D eigenvalue weighted by molar-refractivity contribution is 0.669. The van der Waals surface area contributed by atoms with Crippen LogP contribution in [0.4, 0.5) is 17.1 Å². The Balaban J connectivity index is 0.976. The minimum atomic E-state index is 0.260. The van der Waals surface area contributed by atoms with Gasteiger partial charge in [-0.15, -0.1) is 0 Å². The molecule has 0 fully saturated rings. The number of hydrogen-bond donors (Lipinski definition) is 0. The lowest BCUT2D eigenvalue weighted by atomic mass is 9.86. The summed E-state index contributed by atoms with van der Waals surface area (Å²) in [5, 5.41) is 2.28. The second kappa shape index (κ2) is 13.7. The van der Waals surface area contributed by atoms with Gasteiger partial charge >= 0.3 is 0 Å². The lowest BCUT2D eigenvalue weighted by Crippen LogP contribution is -2.10. The van der Waals surface area contributed by atoms with E-state index in [0.717, 1.165) is 44.6 Å². The highest BCUT2D eigenvalue weighted by Crippen LogP contribution is 2.49.